The number of aromatic nitrogens is 1. The number of esters is 1. The topological polar surface area (TPSA) is 78.9 Å². The Hall–Kier alpha value is -4.00. The minimum Gasteiger partial charge on any atom is -0.496 e. The highest BCUT2D eigenvalue weighted by molar-refractivity contribution is 5.89. The second-order valence-electron chi connectivity index (χ2n) is 6.85. The Balaban J connectivity index is 1.78. The standard InChI is InChI=1S/C25H26N2O5/c1-29-22-12-23(30-2)14-24(13-22)32-17-19(15-27-21-5-4-10-26-16-21)11-18-6-8-20(9-7-18)25(28)31-3/h4-14,16,27H,15,17H2,1-3H3. The lowest BCUT2D eigenvalue weighted by atomic mass is 10.1. The van der Waals surface area contributed by atoms with Crippen molar-refractivity contribution in [1.29, 1.82) is 0 Å². The van der Waals surface area contributed by atoms with Crippen LogP contribution in [0.4, 0.5) is 5.69 Å². The van der Waals surface area contributed by atoms with Gasteiger partial charge in [0, 0.05) is 37.1 Å². The van der Waals surface area contributed by atoms with Gasteiger partial charge in [-0.1, -0.05) is 18.2 Å². The molecule has 0 aliphatic carbocycles. The lowest BCUT2D eigenvalue weighted by Crippen LogP contribution is -2.12. The molecule has 3 rings (SSSR count). The average Bonchev–Trinajstić information content (AvgIpc) is 2.85. The number of carbonyl (C=O) groups excluding carboxylic acids is 1. The van der Waals surface area contributed by atoms with Gasteiger partial charge in [0.25, 0.3) is 0 Å². The van der Waals surface area contributed by atoms with Gasteiger partial charge in [0.05, 0.1) is 32.6 Å². The summed E-state index contributed by atoms with van der Waals surface area (Å²) in [6.07, 6.45) is 5.50. The van der Waals surface area contributed by atoms with Crippen molar-refractivity contribution in [3.8, 4) is 17.2 Å². The maximum absolute atomic E-state index is 11.7. The van der Waals surface area contributed by atoms with Crippen LogP contribution in [-0.4, -0.2) is 45.4 Å². The molecule has 0 bridgehead atoms. The van der Waals surface area contributed by atoms with Crippen molar-refractivity contribution in [2.24, 2.45) is 0 Å². The molecule has 7 heteroatoms. The molecule has 1 N–H and O–H groups in total. The lowest BCUT2D eigenvalue weighted by Gasteiger charge is -2.14. The van der Waals surface area contributed by atoms with Crippen molar-refractivity contribution < 1.29 is 23.7 Å². The first kappa shape index (κ1) is 22.7. The number of ether oxygens (including phenoxy) is 4. The average molecular weight is 434 g/mol. The van der Waals surface area contributed by atoms with E-state index in [1.807, 2.05) is 30.3 Å². The van der Waals surface area contributed by atoms with E-state index in [-0.39, 0.29) is 5.97 Å². The van der Waals surface area contributed by atoms with Gasteiger partial charge >= 0.3 is 5.97 Å². The minimum atomic E-state index is -0.366. The van der Waals surface area contributed by atoms with E-state index in [1.165, 1.54) is 7.11 Å². The van der Waals surface area contributed by atoms with E-state index >= 15 is 0 Å². The SMILES string of the molecule is COC(=O)c1ccc(C=C(CNc2cccnc2)COc2cc(OC)cc(OC)c2)cc1. The third-order valence-electron chi connectivity index (χ3n) is 4.63. The van der Waals surface area contributed by atoms with E-state index in [1.54, 1.807) is 56.9 Å². The predicted molar refractivity (Wildman–Crippen MR) is 124 cm³/mol. The molecule has 2 aromatic carbocycles. The van der Waals surface area contributed by atoms with E-state index in [0.717, 1.165) is 16.8 Å². The predicted octanol–water partition coefficient (Wildman–Crippen LogP) is 4.46. The third kappa shape index (κ3) is 6.50. The first-order valence-electron chi connectivity index (χ1n) is 9.99. The van der Waals surface area contributed by atoms with Gasteiger partial charge < -0.3 is 24.3 Å². The second kappa shape index (κ2) is 11.4. The number of methoxy groups -OCH3 is 3. The molecule has 1 heterocycles. The summed E-state index contributed by atoms with van der Waals surface area (Å²) in [6, 6.07) is 16.4. The second-order valence-corrected chi connectivity index (χ2v) is 6.85. The van der Waals surface area contributed by atoms with E-state index in [0.29, 0.717) is 36.0 Å². The molecule has 0 saturated carbocycles. The van der Waals surface area contributed by atoms with Crippen LogP contribution in [0.3, 0.4) is 0 Å². The normalized spacial score (nSPS) is 10.9. The molecular weight excluding hydrogens is 408 g/mol. The Kier molecular flexibility index (Phi) is 8.09. The van der Waals surface area contributed by atoms with Crippen molar-refractivity contribution in [3.63, 3.8) is 0 Å². The number of nitrogens with zero attached hydrogens (tertiary/aromatic N) is 1. The molecule has 1 aromatic heterocycles. The van der Waals surface area contributed by atoms with Gasteiger partial charge in [0.2, 0.25) is 0 Å². The number of nitrogens with one attached hydrogen (secondary N) is 1. The summed E-state index contributed by atoms with van der Waals surface area (Å²) in [7, 11) is 4.56. The summed E-state index contributed by atoms with van der Waals surface area (Å²) in [5.74, 6) is 1.57. The Morgan fingerprint density at radius 2 is 1.66 bits per heavy atom. The summed E-state index contributed by atoms with van der Waals surface area (Å²) in [6.45, 7) is 0.883. The van der Waals surface area contributed by atoms with E-state index in [2.05, 4.69) is 10.3 Å². The van der Waals surface area contributed by atoms with Gasteiger partial charge in [-0.2, -0.15) is 0 Å². The Bertz CT molecular complexity index is 1030. The van der Waals surface area contributed by atoms with E-state index in [4.69, 9.17) is 18.9 Å². The number of benzene rings is 2. The van der Waals surface area contributed by atoms with Crippen LogP contribution in [0.25, 0.3) is 6.08 Å². The van der Waals surface area contributed by atoms with Crippen LogP contribution in [0.15, 0.2) is 72.6 Å². The highest BCUT2D eigenvalue weighted by atomic mass is 16.5. The number of hydrogen-bond donors (Lipinski definition) is 1. The highest BCUT2D eigenvalue weighted by Crippen LogP contribution is 2.27. The number of anilines is 1. The molecular formula is C25H26N2O5. The van der Waals surface area contributed by atoms with Crippen LogP contribution in [0, 0.1) is 0 Å². The van der Waals surface area contributed by atoms with Gasteiger partial charge in [-0.15, -0.1) is 0 Å². The monoisotopic (exact) mass is 434 g/mol. The molecule has 0 fully saturated rings. The zero-order chi connectivity index (χ0) is 22.8. The van der Waals surface area contributed by atoms with Crippen molar-refractivity contribution in [3.05, 3.63) is 83.7 Å². The highest BCUT2D eigenvalue weighted by Gasteiger charge is 2.07. The lowest BCUT2D eigenvalue weighted by molar-refractivity contribution is 0.0600. The van der Waals surface area contributed by atoms with Crippen LogP contribution in [-0.2, 0) is 4.74 Å². The fourth-order valence-electron chi connectivity index (χ4n) is 2.94. The number of hydrogen-bond acceptors (Lipinski definition) is 7. The molecule has 0 atom stereocenters. The molecule has 0 unspecified atom stereocenters. The maximum Gasteiger partial charge on any atom is 0.337 e. The first-order valence-corrected chi connectivity index (χ1v) is 9.99. The van der Waals surface area contributed by atoms with Gasteiger partial charge in [-0.05, 0) is 35.4 Å². The molecule has 3 aromatic rings. The fraction of sp³-hybridized carbons (Fsp3) is 0.200. The summed E-state index contributed by atoms with van der Waals surface area (Å²) in [5.41, 5.74) is 3.33. The zero-order valence-corrected chi connectivity index (χ0v) is 18.3. The van der Waals surface area contributed by atoms with Crippen LogP contribution in [0.5, 0.6) is 17.2 Å². The third-order valence-corrected chi connectivity index (χ3v) is 4.63. The molecule has 166 valence electrons. The Morgan fingerprint density at radius 3 is 2.25 bits per heavy atom. The molecule has 0 radical (unpaired) electrons. The van der Waals surface area contributed by atoms with Crippen LogP contribution in [0.1, 0.15) is 15.9 Å². The summed E-state index contributed by atoms with van der Waals surface area (Å²) >= 11 is 0. The molecule has 0 saturated heterocycles. The minimum absolute atomic E-state index is 0.336. The van der Waals surface area contributed by atoms with Crippen LogP contribution >= 0.6 is 0 Å². The van der Waals surface area contributed by atoms with Crippen LogP contribution in [0.2, 0.25) is 0 Å². The molecule has 0 aliphatic heterocycles. The van der Waals surface area contributed by atoms with Gasteiger partial charge in [0.15, 0.2) is 0 Å². The number of pyridine rings is 1. The first-order chi connectivity index (χ1) is 15.6. The molecule has 0 spiro atoms. The molecule has 0 aliphatic rings. The fourth-order valence-corrected chi connectivity index (χ4v) is 2.94. The molecule has 0 amide bonds. The number of rotatable bonds is 10. The zero-order valence-electron chi connectivity index (χ0n) is 18.3. The molecule has 7 nitrogen and oxygen atoms in total. The van der Waals surface area contributed by atoms with Crippen molar-refractivity contribution in [2.45, 2.75) is 0 Å². The summed E-state index contributed by atoms with van der Waals surface area (Å²) in [4.78, 5) is 15.8. The quantitative estimate of drug-likeness (QED) is 0.472. The number of carbonyl (C=O) groups is 1. The van der Waals surface area contributed by atoms with E-state index in [9.17, 15) is 4.79 Å². The Labute approximate surface area is 187 Å². The molecule has 32 heavy (non-hydrogen) atoms. The smallest absolute Gasteiger partial charge is 0.337 e. The van der Waals surface area contributed by atoms with Crippen LogP contribution < -0.4 is 19.5 Å². The summed E-state index contributed by atoms with van der Waals surface area (Å²) in [5, 5.41) is 3.35. The maximum atomic E-state index is 11.7. The van der Waals surface area contributed by atoms with Crippen molar-refractivity contribution >= 4 is 17.7 Å². The van der Waals surface area contributed by atoms with E-state index < -0.39 is 0 Å². The van der Waals surface area contributed by atoms with Crippen molar-refractivity contribution in [1.82, 2.24) is 4.98 Å². The van der Waals surface area contributed by atoms with Gasteiger partial charge in [-0.3, -0.25) is 4.98 Å². The summed E-state index contributed by atoms with van der Waals surface area (Å²) < 4.78 is 21.4. The van der Waals surface area contributed by atoms with Crippen molar-refractivity contribution in [2.75, 3.05) is 39.8 Å². The van der Waals surface area contributed by atoms with Gasteiger partial charge in [-0.25, -0.2) is 4.79 Å². The largest absolute Gasteiger partial charge is 0.496 e. The Morgan fingerprint density at radius 1 is 0.969 bits per heavy atom. The van der Waals surface area contributed by atoms with Gasteiger partial charge in [0.1, 0.15) is 23.9 Å².